The van der Waals surface area contributed by atoms with Gasteiger partial charge in [0.1, 0.15) is 0 Å². The Morgan fingerprint density at radius 1 is 1.42 bits per heavy atom. The summed E-state index contributed by atoms with van der Waals surface area (Å²) in [4.78, 5) is 13.3. The van der Waals surface area contributed by atoms with Gasteiger partial charge in [0.25, 0.3) is 5.91 Å². The Balaban J connectivity index is 3.04. The van der Waals surface area contributed by atoms with Gasteiger partial charge < -0.3 is 10.6 Å². The maximum Gasteiger partial charge on any atom is 0.416 e. The van der Waals surface area contributed by atoms with Crippen molar-refractivity contribution in [3.8, 4) is 0 Å². The number of alkyl halides is 3. The van der Waals surface area contributed by atoms with E-state index in [1.54, 1.807) is 6.92 Å². The van der Waals surface area contributed by atoms with Gasteiger partial charge in [-0.2, -0.15) is 13.2 Å². The second-order valence-corrected chi connectivity index (χ2v) is 4.54. The number of carbonyl (C=O) groups excluding carboxylic acids is 1. The number of thiocarbonyl (C=S) groups is 1. The zero-order valence-electron chi connectivity index (χ0n) is 10.4. The number of carbonyl (C=O) groups is 1. The Morgan fingerprint density at radius 2 is 2.00 bits per heavy atom. The SMILES string of the molecule is CC(C(N)=S)N(C)C(=O)c1cccc(C(F)(F)F)c1. The lowest BCUT2D eigenvalue weighted by Gasteiger charge is -2.24. The molecule has 0 aliphatic carbocycles. The van der Waals surface area contributed by atoms with E-state index >= 15 is 0 Å². The van der Waals surface area contributed by atoms with Crippen LogP contribution < -0.4 is 5.73 Å². The molecule has 1 rings (SSSR count). The smallest absolute Gasteiger partial charge is 0.392 e. The molecule has 0 aliphatic rings. The summed E-state index contributed by atoms with van der Waals surface area (Å²) in [6, 6.07) is 3.70. The lowest BCUT2D eigenvalue weighted by Crippen LogP contribution is -2.42. The van der Waals surface area contributed by atoms with E-state index in [0.717, 1.165) is 12.1 Å². The average molecular weight is 290 g/mol. The van der Waals surface area contributed by atoms with Gasteiger partial charge in [0.2, 0.25) is 0 Å². The van der Waals surface area contributed by atoms with Gasteiger partial charge in [0.15, 0.2) is 0 Å². The lowest BCUT2D eigenvalue weighted by atomic mass is 10.1. The summed E-state index contributed by atoms with van der Waals surface area (Å²) >= 11 is 4.75. The van der Waals surface area contributed by atoms with Crippen LogP contribution in [0.5, 0.6) is 0 Å². The van der Waals surface area contributed by atoms with Crippen LogP contribution in [0, 0.1) is 0 Å². The van der Waals surface area contributed by atoms with Crippen molar-refractivity contribution < 1.29 is 18.0 Å². The van der Waals surface area contributed by atoms with E-state index in [1.807, 2.05) is 0 Å². The predicted octanol–water partition coefficient (Wildman–Crippen LogP) is 2.45. The van der Waals surface area contributed by atoms with Crippen LogP contribution in [-0.2, 0) is 6.18 Å². The van der Waals surface area contributed by atoms with Crippen molar-refractivity contribution >= 4 is 23.1 Å². The highest BCUT2D eigenvalue weighted by Crippen LogP contribution is 2.29. The second kappa shape index (κ2) is 5.56. The van der Waals surface area contributed by atoms with Gasteiger partial charge in [-0.1, -0.05) is 18.3 Å². The Labute approximate surface area is 114 Å². The number of halogens is 3. The molecule has 0 bridgehead atoms. The van der Waals surface area contributed by atoms with Crippen molar-refractivity contribution in [3.05, 3.63) is 35.4 Å². The van der Waals surface area contributed by atoms with Gasteiger partial charge in [-0.05, 0) is 25.1 Å². The Bertz CT molecular complexity index is 502. The number of hydrogen-bond acceptors (Lipinski definition) is 2. The zero-order chi connectivity index (χ0) is 14.8. The molecule has 0 heterocycles. The molecule has 0 aliphatic heterocycles. The molecule has 1 aromatic carbocycles. The molecule has 1 unspecified atom stereocenters. The van der Waals surface area contributed by atoms with Crippen LogP contribution in [0.15, 0.2) is 24.3 Å². The van der Waals surface area contributed by atoms with Crippen LogP contribution in [0.4, 0.5) is 13.2 Å². The van der Waals surface area contributed by atoms with Crippen molar-refractivity contribution in [3.63, 3.8) is 0 Å². The Hall–Kier alpha value is -1.63. The third-order valence-electron chi connectivity index (χ3n) is 2.75. The average Bonchev–Trinajstić information content (AvgIpc) is 2.35. The van der Waals surface area contributed by atoms with Gasteiger partial charge in [-0.15, -0.1) is 0 Å². The summed E-state index contributed by atoms with van der Waals surface area (Å²) < 4.78 is 37.7. The first-order valence-electron chi connectivity index (χ1n) is 5.38. The minimum atomic E-state index is -4.48. The van der Waals surface area contributed by atoms with Crippen molar-refractivity contribution in [1.82, 2.24) is 4.90 Å². The van der Waals surface area contributed by atoms with Crippen molar-refractivity contribution in [2.45, 2.75) is 19.1 Å². The first-order valence-corrected chi connectivity index (χ1v) is 5.79. The molecule has 0 saturated carbocycles. The molecule has 19 heavy (non-hydrogen) atoms. The summed E-state index contributed by atoms with van der Waals surface area (Å²) in [6.45, 7) is 1.61. The topological polar surface area (TPSA) is 46.3 Å². The van der Waals surface area contributed by atoms with Gasteiger partial charge in [-0.3, -0.25) is 4.79 Å². The lowest BCUT2D eigenvalue weighted by molar-refractivity contribution is -0.137. The molecule has 0 spiro atoms. The zero-order valence-corrected chi connectivity index (χ0v) is 11.2. The van der Waals surface area contributed by atoms with E-state index in [1.165, 1.54) is 24.1 Å². The van der Waals surface area contributed by atoms with Gasteiger partial charge >= 0.3 is 6.18 Å². The molecule has 7 heteroatoms. The normalized spacial score (nSPS) is 12.9. The van der Waals surface area contributed by atoms with Crippen LogP contribution in [0.3, 0.4) is 0 Å². The molecule has 104 valence electrons. The summed E-state index contributed by atoms with van der Waals surface area (Å²) in [5.41, 5.74) is 4.49. The molecule has 1 aromatic rings. The van der Waals surface area contributed by atoms with E-state index in [2.05, 4.69) is 0 Å². The molecule has 3 nitrogen and oxygen atoms in total. The van der Waals surface area contributed by atoms with E-state index in [0.29, 0.717) is 0 Å². The van der Waals surface area contributed by atoms with Crippen molar-refractivity contribution in [2.24, 2.45) is 5.73 Å². The predicted molar refractivity (Wildman–Crippen MR) is 69.8 cm³/mol. The molecular weight excluding hydrogens is 277 g/mol. The fraction of sp³-hybridized carbons (Fsp3) is 0.333. The van der Waals surface area contributed by atoms with Crippen molar-refractivity contribution in [2.75, 3.05) is 7.05 Å². The molecule has 2 N–H and O–H groups in total. The Kier molecular flexibility index (Phi) is 4.52. The minimum absolute atomic E-state index is 0.0552. The van der Waals surface area contributed by atoms with Crippen LogP contribution in [0.25, 0.3) is 0 Å². The van der Waals surface area contributed by atoms with Gasteiger partial charge in [0.05, 0.1) is 16.6 Å². The monoisotopic (exact) mass is 290 g/mol. The number of rotatable bonds is 3. The number of hydrogen-bond donors (Lipinski definition) is 1. The highest BCUT2D eigenvalue weighted by Gasteiger charge is 2.31. The highest BCUT2D eigenvalue weighted by atomic mass is 32.1. The first-order chi connectivity index (χ1) is 8.64. The van der Waals surface area contributed by atoms with Crippen LogP contribution >= 0.6 is 12.2 Å². The number of amides is 1. The van der Waals surface area contributed by atoms with E-state index in [4.69, 9.17) is 18.0 Å². The van der Waals surface area contributed by atoms with Crippen LogP contribution in [-0.4, -0.2) is 28.9 Å². The first kappa shape index (κ1) is 15.4. The number of likely N-dealkylation sites (N-methyl/N-ethyl adjacent to an activating group) is 1. The molecule has 0 saturated heterocycles. The minimum Gasteiger partial charge on any atom is -0.392 e. The number of nitrogens with zero attached hydrogens (tertiary/aromatic N) is 1. The molecule has 1 amide bonds. The molecular formula is C12H13F3N2OS. The van der Waals surface area contributed by atoms with Crippen LogP contribution in [0.1, 0.15) is 22.8 Å². The third-order valence-corrected chi connectivity index (χ3v) is 3.09. The Morgan fingerprint density at radius 3 is 2.47 bits per heavy atom. The fourth-order valence-electron chi connectivity index (χ4n) is 1.40. The number of nitrogens with two attached hydrogens (primary N) is 1. The number of benzene rings is 1. The maximum absolute atomic E-state index is 12.6. The summed E-state index contributed by atoms with van der Waals surface area (Å²) in [7, 11) is 1.44. The van der Waals surface area contributed by atoms with E-state index in [-0.39, 0.29) is 10.6 Å². The standard InChI is InChI=1S/C12H13F3N2OS/c1-7(10(16)19)17(2)11(18)8-4-3-5-9(6-8)12(13,14)15/h3-7H,1-2H3,(H2,16,19). The second-order valence-electron chi connectivity index (χ2n) is 4.07. The molecule has 1 atom stereocenters. The largest absolute Gasteiger partial charge is 0.416 e. The molecule has 0 aromatic heterocycles. The molecule has 0 fully saturated rings. The summed E-state index contributed by atoms with van der Waals surface area (Å²) in [5, 5.41) is 0. The van der Waals surface area contributed by atoms with Crippen LogP contribution in [0.2, 0.25) is 0 Å². The van der Waals surface area contributed by atoms with Gasteiger partial charge in [0, 0.05) is 12.6 Å². The fourth-order valence-corrected chi connectivity index (χ4v) is 1.56. The third kappa shape index (κ3) is 3.66. The van der Waals surface area contributed by atoms with E-state index in [9.17, 15) is 18.0 Å². The summed E-state index contributed by atoms with van der Waals surface area (Å²) in [5.74, 6) is -0.564. The molecule has 0 radical (unpaired) electrons. The summed E-state index contributed by atoms with van der Waals surface area (Å²) in [6.07, 6.45) is -4.48. The van der Waals surface area contributed by atoms with Gasteiger partial charge in [-0.25, -0.2) is 0 Å². The maximum atomic E-state index is 12.6. The van der Waals surface area contributed by atoms with Crippen molar-refractivity contribution in [1.29, 1.82) is 0 Å². The van der Waals surface area contributed by atoms with E-state index < -0.39 is 23.7 Å². The quantitative estimate of drug-likeness (QED) is 0.870. The highest BCUT2D eigenvalue weighted by molar-refractivity contribution is 7.80.